The number of ether oxygens (including phenoxy) is 1. The fraction of sp³-hybridized carbons (Fsp3) is 0.222. The van der Waals surface area contributed by atoms with Crippen molar-refractivity contribution in [1.29, 1.82) is 0 Å². The summed E-state index contributed by atoms with van der Waals surface area (Å²) in [5.74, 6) is -0.551. The van der Waals surface area contributed by atoms with Crippen LogP contribution in [0.4, 0.5) is 0 Å². The summed E-state index contributed by atoms with van der Waals surface area (Å²) < 4.78 is 5.84. The lowest BCUT2D eigenvalue weighted by molar-refractivity contribution is 0.0587. The molecule has 6 nitrogen and oxygen atoms in total. The molecule has 0 amide bonds. The van der Waals surface area contributed by atoms with Gasteiger partial charge in [-0.05, 0) is 18.6 Å². The fourth-order valence-corrected chi connectivity index (χ4v) is 1.31. The largest absolute Gasteiger partial charge is 0.506 e. The van der Waals surface area contributed by atoms with Gasteiger partial charge in [0.15, 0.2) is 5.65 Å². The van der Waals surface area contributed by atoms with E-state index in [1.54, 1.807) is 13.0 Å². The van der Waals surface area contributed by atoms with E-state index < -0.39 is 5.97 Å². The van der Waals surface area contributed by atoms with Crippen molar-refractivity contribution >= 4 is 11.6 Å². The van der Waals surface area contributed by atoms with E-state index in [0.29, 0.717) is 5.65 Å². The van der Waals surface area contributed by atoms with E-state index in [1.807, 2.05) is 0 Å². The van der Waals surface area contributed by atoms with Crippen molar-refractivity contribution in [2.24, 2.45) is 0 Å². The highest BCUT2D eigenvalue weighted by molar-refractivity contribution is 5.85. The van der Waals surface area contributed by atoms with Crippen LogP contribution in [0.15, 0.2) is 12.3 Å². The number of aromatic hydroxyl groups is 1. The molecule has 0 aliphatic carbocycles. The number of fused-ring (bicyclic) bond motifs is 1. The number of methoxy groups -OCH3 is 1. The molecule has 0 bridgehead atoms. The highest BCUT2D eigenvalue weighted by atomic mass is 16.5. The number of rotatable bonds is 1. The molecule has 0 aliphatic rings. The molecule has 2 rings (SSSR count). The predicted octanol–water partition coefficient (Wildman–Crippen LogP) is 0.530. The van der Waals surface area contributed by atoms with Gasteiger partial charge >= 0.3 is 5.97 Å². The summed E-state index contributed by atoms with van der Waals surface area (Å²) in [6.45, 7) is 1.77. The molecule has 2 aromatic heterocycles. The van der Waals surface area contributed by atoms with Gasteiger partial charge in [0.2, 0.25) is 0 Å². The van der Waals surface area contributed by atoms with E-state index in [-0.39, 0.29) is 11.6 Å². The smallest absolute Gasteiger partial charge is 0.377 e. The molecule has 0 atom stereocenters. The van der Waals surface area contributed by atoms with Crippen LogP contribution in [0.5, 0.6) is 5.75 Å². The van der Waals surface area contributed by atoms with Gasteiger partial charge in [0.1, 0.15) is 5.75 Å². The van der Waals surface area contributed by atoms with Crippen molar-refractivity contribution < 1.29 is 14.6 Å². The van der Waals surface area contributed by atoms with Crippen molar-refractivity contribution in [3.05, 3.63) is 23.7 Å². The van der Waals surface area contributed by atoms with Crippen molar-refractivity contribution in [3.63, 3.8) is 0 Å². The molecule has 0 fully saturated rings. The second kappa shape index (κ2) is 3.23. The van der Waals surface area contributed by atoms with E-state index in [1.165, 1.54) is 17.8 Å². The van der Waals surface area contributed by atoms with Crippen LogP contribution in [-0.4, -0.2) is 32.8 Å². The van der Waals surface area contributed by atoms with Crippen LogP contribution in [0.25, 0.3) is 5.65 Å². The van der Waals surface area contributed by atoms with Crippen molar-refractivity contribution in [3.8, 4) is 5.75 Å². The third-order valence-corrected chi connectivity index (χ3v) is 1.97. The number of nitrogens with zero attached hydrogens (tertiary/aromatic N) is 3. The zero-order valence-corrected chi connectivity index (χ0v) is 8.26. The molecule has 78 valence electrons. The normalized spacial score (nSPS) is 10.5. The highest BCUT2D eigenvalue weighted by Gasteiger charge is 2.14. The third-order valence-electron chi connectivity index (χ3n) is 1.97. The molecule has 15 heavy (non-hydrogen) atoms. The minimum absolute atomic E-state index is 0.0220. The Bertz CT molecular complexity index is 533. The Hall–Kier alpha value is -2.11. The Morgan fingerprint density at radius 1 is 1.60 bits per heavy atom. The first-order valence-corrected chi connectivity index (χ1v) is 4.26. The van der Waals surface area contributed by atoms with Gasteiger partial charge in [-0.25, -0.2) is 14.3 Å². The summed E-state index contributed by atoms with van der Waals surface area (Å²) in [4.78, 5) is 15.1. The molecule has 2 aromatic rings. The van der Waals surface area contributed by atoms with Gasteiger partial charge in [-0.2, -0.15) is 0 Å². The summed E-state index contributed by atoms with van der Waals surface area (Å²) in [6, 6.07) is 1.55. The van der Waals surface area contributed by atoms with Gasteiger partial charge in [-0.3, -0.25) is 0 Å². The van der Waals surface area contributed by atoms with Crippen LogP contribution in [0, 0.1) is 6.92 Å². The minimum Gasteiger partial charge on any atom is -0.506 e. The first kappa shape index (κ1) is 9.45. The van der Waals surface area contributed by atoms with Crippen LogP contribution in [-0.2, 0) is 4.74 Å². The van der Waals surface area contributed by atoms with Crippen molar-refractivity contribution in [2.45, 2.75) is 6.92 Å². The van der Waals surface area contributed by atoms with Crippen LogP contribution >= 0.6 is 0 Å². The third kappa shape index (κ3) is 1.50. The maximum atomic E-state index is 11.2. The van der Waals surface area contributed by atoms with Gasteiger partial charge in [-0.15, -0.1) is 5.10 Å². The number of aromatic nitrogens is 3. The second-order valence-corrected chi connectivity index (χ2v) is 3.08. The monoisotopic (exact) mass is 207 g/mol. The maximum Gasteiger partial charge on any atom is 0.377 e. The Morgan fingerprint density at radius 2 is 2.33 bits per heavy atom. The molecule has 0 aliphatic heterocycles. The van der Waals surface area contributed by atoms with Gasteiger partial charge in [0.05, 0.1) is 13.3 Å². The molecule has 0 unspecified atom stereocenters. The molecule has 0 spiro atoms. The molecule has 0 aromatic carbocycles. The Balaban J connectivity index is 2.65. The molecular formula is C9H9N3O3. The Labute approximate surface area is 85.1 Å². The van der Waals surface area contributed by atoms with Crippen LogP contribution in [0.1, 0.15) is 16.2 Å². The predicted molar refractivity (Wildman–Crippen MR) is 50.7 cm³/mol. The van der Waals surface area contributed by atoms with Crippen molar-refractivity contribution in [1.82, 2.24) is 14.6 Å². The van der Waals surface area contributed by atoms with E-state index in [2.05, 4.69) is 14.8 Å². The quantitative estimate of drug-likeness (QED) is 0.690. The molecular weight excluding hydrogens is 198 g/mol. The first-order valence-electron chi connectivity index (χ1n) is 4.26. The summed E-state index contributed by atoms with van der Waals surface area (Å²) in [5.41, 5.74) is 1.26. The average Bonchev–Trinajstić information content (AvgIpc) is 2.60. The summed E-state index contributed by atoms with van der Waals surface area (Å²) in [7, 11) is 1.26. The second-order valence-electron chi connectivity index (χ2n) is 3.08. The number of carbonyl (C=O) groups is 1. The molecule has 6 heteroatoms. The summed E-state index contributed by atoms with van der Waals surface area (Å²) >= 11 is 0. The molecule has 2 heterocycles. The Kier molecular flexibility index (Phi) is 2.03. The van der Waals surface area contributed by atoms with Gasteiger partial charge in [0.25, 0.3) is 5.82 Å². The van der Waals surface area contributed by atoms with Crippen LogP contribution in [0.3, 0.4) is 0 Å². The first-order chi connectivity index (χ1) is 7.11. The lowest BCUT2D eigenvalue weighted by Crippen LogP contribution is -2.03. The van der Waals surface area contributed by atoms with Gasteiger partial charge in [0, 0.05) is 0 Å². The SMILES string of the molecule is COC(=O)c1nc2c(C)cc(O)cn2n1. The van der Waals surface area contributed by atoms with E-state index in [4.69, 9.17) is 0 Å². The van der Waals surface area contributed by atoms with E-state index >= 15 is 0 Å². The molecule has 0 saturated carbocycles. The fourth-order valence-electron chi connectivity index (χ4n) is 1.31. The zero-order valence-electron chi connectivity index (χ0n) is 8.26. The number of aryl methyl sites for hydroxylation is 1. The molecule has 1 N–H and O–H groups in total. The van der Waals surface area contributed by atoms with Crippen LogP contribution < -0.4 is 0 Å². The molecule has 0 radical (unpaired) electrons. The number of hydrogen-bond donors (Lipinski definition) is 1. The van der Waals surface area contributed by atoms with Crippen LogP contribution in [0.2, 0.25) is 0 Å². The number of carbonyl (C=O) groups excluding carboxylic acids is 1. The minimum atomic E-state index is -0.599. The zero-order chi connectivity index (χ0) is 11.0. The van der Waals surface area contributed by atoms with E-state index in [0.717, 1.165) is 5.56 Å². The highest BCUT2D eigenvalue weighted by Crippen LogP contribution is 2.15. The lowest BCUT2D eigenvalue weighted by Gasteiger charge is -1.96. The average molecular weight is 207 g/mol. The van der Waals surface area contributed by atoms with Gasteiger partial charge < -0.3 is 9.84 Å². The number of esters is 1. The summed E-state index contributed by atoms with van der Waals surface area (Å²) in [5, 5.41) is 13.2. The lowest BCUT2D eigenvalue weighted by atomic mass is 10.3. The summed E-state index contributed by atoms with van der Waals surface area (Å²) in [6.07, 6.45) is 1.38. The van der Waals surface area contributed by atoms with Crippen molar-refractivity contribution in [2.75, 3.05) is 7.11 Å². The maximum absolute atomic E-state index is 11.2. The standard InChI is InChI=1S/C9H9N3O3/c1-5-3-6(13)4-12-8(5)10-7(11-12)9(14)15-2/h3-4,13H,1-2H3. The topological polar surface area (TPSA) is 76.7 Å². The number of hydrogen-bond acceptors (Lipinski definition) is 5. The van der Waals surface area contributed by atoms with Gasteiger partial charge in [-0.1, -0.05) is 0 Å². The Morgan fingerprint density at radius 3 is 3.00 bits per heavy atom. The van der Waals surface area contributed by atoms with E-state index in [9.17, 15) is 9.90 Å². The molecule has 0 saturated heterocycles. The number of pyridine rings is 1.